The Morgan fingerprint density at radius 3 is 2.60 bits per heavy atom. The van der Waals surface area contributed by atoms with E-state index in [-0.39, 0.29) is 18.3 Å². The molecule has 6 rings (SSSR count). The maximum atomic E-state index is 11.6. The average Bonchev–Trinajstić information content (AvgIpc) is 3.68. The first-order chi connectivity index (χ1) is 20.6. The van der Waals surface area contributed by atoms with Gasteiger partial charge in [0.25, 0.3) is 0 Å². The third-order valence-corrected chi connectivity index (χ3v) is 7.49. The third-order valence-electron chi connectivity index (χ3n) is 7.49. The third kappa shape index (κ3) is 7.15. The Bertz CT molecular complexity index is 1540. The van der Waals surface area contributed by atoms with Gasteiger partial charge in [-0.05, 0) is 68.1 Å². The quantitative estimate of drug-likeness (QED) is 0.314. The summed E-state index contributed by atoms with van der Waals surface area (Å²) in [7, 11) is 0. The van der Waals surface area contributed by atoms with E-state index in [1.54, 1.807) is 6.20 Å². The zero-order chi connectivity index (χ0) is 28.7. The number of imidazole rings is 1. The molecule has 9 nitrogen and oxygen atoms in total. The van der Waals surface area contributed by atoms with Crippen LogP contribution in [0.4, 0.5) is 0 Å². The second kappa shape index (κ2) is 13.2. The largest absolute Gasteiger partial charge is 0.356 e. The molecule has 1 unspecified atom stereocenters. The van der Waals surface area contributed by atoms with E-state index >= 15 is 0 Å². The van der Waals surface area contributed by atoms with Crippen molar-refractivity contribution in [3.05, 3.63) is 95.2 Å². The minimum atomic E-state index is -0.190. The summed E-state index contributed by atoms with van der Waals surface area (Å²) < 4.78 is 19.5. The summed E-state index contributed by atoms with van der Waals surface area (Å²) in [6.07, 6.45) is 6.47. The Morgan fingerprint density at radius 2 is 1.86 bits per heavy atom. The van der Waals surface area contributed by atoms with Gasteiger partial charge in [-0.15, -0.1) is 0 Å². The highest BCUT2D eigenvalue weighted by molar-refractivity contribution is 5.78. The van der Waals surface area contributed by atoms with Gasteiger partial charge in [0.15, 0.2) is 12.1 Å². The van der Waals surface area contributed by atoms with E-state index in [4.69, 9.17) is 14.0 Å². The molecular weight excluding hydrogens is 530 g/mol. The van der Waals surface area contributed by atoms with Gasteiger partial charge in [-0.1, -0.05) is 29.1 Å². The maximum absolute atomic E-state index is 11.6. The fourth-order valence-electron chi connectivity index (χ4n) is 5.26. The van der Waals surface area contributed by atoms with Gasteiger partial charge in [-0.25, -0.2) is 4.98 Å². The van der Waals surface area contributed by atoms with E-state index in [1.165, 1.54) is 5.56 Å². The number of carbonyl (C=O) groups excluding carboxylic acids is 1. The van der Waals surface area contributed by atoms with Gasteiger partial charge in [-0.3, -0.25) is 9.69 Å². The molecule has 4 aromatic rings. The Labute approximate surface area is 245 Å². The van der Waals surface area contributed by atoms with Crippen LogP contribution in [-0.2, 0) is 27.4 Å². The number of nitrogens with zero attached hydrogens (tertiary/aromatic N) is 4. The van der Waals surface area contributed by atoms with Gasteiger partial charge in [-0.2, -0.15) is 0 Å². The molecule has 216 valence electrons. The van der Waals surface area contributed by atoms with Crippen LogP contribution in [0.1, 0.15) is 60.5 Å². The maximum Gasteiger partial charge on any atom is 0.234 e. The van der Waals surface area contributed by atoms with Crippen LogP contribution >= 0.6 is 0 Å². The molecule has 2 aliphatic rings. The first-order valence-corrected chi connectivity index (χ1v) is 14.5. The highest BCUT2D eigenvalue weighted by Crippen LogP contribution is 2.25. The molecule has 2 saturated heterocycles. The zero-order valence-corrected chi connectivity index (χ0v) is 23.8. The monoisotopic (exact) mass is 565 g/mol. The van der Waals surface area contributed by atoms with Crippen molar-refractivity contribution in [2.45, 2.75) is 51.7 Å². The molecule has 2 aromatic heterocycles. The van der Waals surface area contributed by atoms with Crippen LogP contribution in [-0.4, -0.2) is 58.0 Å². The topological polar surface area (TPSA) is 94.7 Å². The molecule has 0 aliphatic carbocycles. The Balaban J connectivity index is 1.04. The van der Waals surface area contributed by atoms with Crippen molar-refractivity contribution in [1.29, 1.82) is 0 Å². The van der Waals surface area contributed by atoms with Gasteiger partial charge in [0.2, 0.25) is 5.91 Å². The molecule has 1 N–H and O–H groups in total. The summed E-state index contributed by atoms with van der Waals surface area (Å²) in [4.78, 5) is 18.3. The number of carbonyl (C=O) groups is 1. The number of piperazine rings is 1. The van der Waals surface area contributed by atoms with Crippen LogP contribution in [0.5, 0.6) is 0 Å². The Hall–Kier alpha value is -4.23. The van der Waals surface area contributed by atoms with Crippen LogP contribution in [0.15, 0.2) is 71.5 Å². The van der Waals surface area contributed by atoms with Gasteiger partial charge in [0.05, 0.1) is 13.1 Å². The van der Waals surface area contributed by atoms with E-state index in [0.29, 0.717) is 25.4 Å². The van der Waals surface area contributed by atoms with Crippen LogP contribution in [0, 0.1) is 11.8 Å². The number of hydrogen-bond donors (Lipinski definition) is 1. The normalized spacial score (nSPS) is 18.2. The summed E-state index contributed by atoms with van der Waals surface area (Å²) in [6.45, 7) is 6.07. The van der Waals surface area contributed by atoms with Crippen molar-refractivity contribution >= 4 is 5.91 Å². The summed E-state index contributed by atoms with van der Waals surface area (Å²) in [5, 5.41) is 7.15. The molecule has 0 radical (unpaired) electrons. The van der Waals surface area contributed by atoms with Crippen LogP contribution in [0.25, 0.3) is 11.3 Å². The first-order valence-electron chi connectivity index (χ1n) is 14.5. The Morgan fingerprint density at radius 1 is 1.07 bits per heavy atom. The van der Waals surface area contributed by atoms with E-state index in [2.05, 4.69) is 44.3 Å². The van der Waals surface area contributed by atoms with Crippen molar-refractivity contribution in [3.63, 3.8) is 0 Å². The lowest BCUT2D eigenvalue weighted by molar-refractivity contribution is -0.188. The molecule has 9 heteroatoms. The summed E-state index contributed by atoms with van der Waals surface area (Å²) in [6, 6.07) is 18.1. The highest BCUT2D eigenvalue weighted by Gasteiger charge is 2.21. The predicted octanol–water partition coefficient (Wildman–Crippen LogP) is 4.52. The van der Waals surface area contributed by atoms with E-state index in [1.807, 2.05) is 60.2 Å². The SMILES string of the molecule is C[C@H](OC1CCCCO1)c1nccn1Cc1cc(-c2ccc(C#Cc3ccc(CN4CCNC(=O)C4)cc3)cc2)on1. The van der Waals surface area contributed by atoms with Gasteiger partial charge in [0, 0.05) is 61.4 Å². The van der Waals surface area contributed by atoms with Crippen LogP contribution in [0.2, 0.25) is 0 Å². The molecular formula is C33H35N5O4. The highest BCUT2D eigenvalue weighted by atomic mass is 16.7. The molecule has 4 heterocycles. The minimum Gasteiger partial charge on any atom is -0.356 e. The molecule has 0 saturated carbocycles. The number of benzene rings is 2. The summed E-state index contributed by atoms with van der Waals surface area (Å²) in [5.74, 6) is 8.10. The molecule has 2 aromatic carbocycles. The second-order valence-electron chi connectivity index (χ2n) is 10.8. The van der Waals surface area contributed by atoms with Crippen molar-refractivity contribution in [1.82, 2.24) is 24.9 Å². The summed E-state index contributed by atoms with van der Waals surface area (Å²) >= 11 is 0. The van der Waals surface area contributed by atoms with Gasteiger partial charge < -0.3 is 23.9 Å². The van der Waals surface area contributed by atoms with E-state index < -0.39 is 0 Å². The van der Waals surface area contributed by atoms with Crippen molar-refractivity contribution < 1.29 is 18.8 Å². The molecule has 1 amide bonds. The standard InChI is InChI=1S/C33H35N5O4/c1-24(41-32-4-2-3-19-40-32)33-35-16-18-38(33)22-29-20-30(42-36-29)28-13-11-26(12-14-28)6-5-25-7-9-27(10-8-25)21-37-17-15-34-31(39)23-37/h7-14,16,18,20,24,32H,2-4,15,17,19,21-23H2,1H3,(H,34,39)/t24-,32?/m0/s1. The smallest absolute Gasteiger partial charge is 0.234 e. The van der Waals surface area contributed by atoms with Crippen LogP contribution < -0.4 is 5.32 Å². The second-order valence-corrected chi connectivity index (χ2v) is 10.8. The molecule has 2 aliphatic heterocycles. The lowest BCUT2D eigenvalue weighted by Crippen LogP contribution is -2.47. The summed E-state index contributed by atoms with van der Waals surface area (Å²) in [5.41, 5.74) is 4.78. The zero-order valence-electron chi connectivity index (χ0n) is 23.8. The van der Waals surface area contributed by atoms with Crippen molar-refractivity contribution in [2.24, 2.45) is 0 Å². The number of amides is 1. The molecule has 0 bridgehead atoms. The molecule has 0 spiro atoms. The number of aromatic nitrogens is 3. The van der Waals surface area contributed by atoms with Gasteiger partial charge in [0.1, 0.15) is 17.6 Å². The molecule has 42 heavy (non-hydrogen) atoms. The number of nitrogens with one attached hydrogen (secondary N) is 1. The van der Waals surface area contributed by atoms with Crippen LogP contribution in [0.3, 0.4) is 0 Å². The average molecular weight is 566 g/mol. The van der Waals surface area contributed by atoms with Gasteiger partial charge >= 0.3 is 0 Å². The molecule has 2 fully saturated rings. The van der Waals surface area contributed by atoms with E-state index in [9.17, 15) is 4.79 Å². The van der Waals surface area contributed by atoms with Crippen molar-refractivity contribution in [3.8, 4) is 23.2 Å². The number of rotatable bonds is 8. The Kier molecular flexibility index (Phi) is 8.75. The predicted molar refractivity (Wildman–Crippen MR) is 157 cm³/mol. The van der Waals surface area contributed by atoms with E-state index in [0.717, 1.165) is 67.2 Å². The minimum absolute atomic E-state index is 0.0864. The fraction of sp³-hybridized carbons (Fsp3) is 0.364. The number of hydrogen-bond acceptors (Lipinski definition) is 7. The fourth-order valence-corrected chi connectivity index (χ4v) is 5.26. The lowest BCUT2D eigenvalue weighted by Gasteiger charge is -2.26. The lowest BCUT2D eigenvalue weighted by atomic mass is 10.1. The first kappa shape index (κ1) is 27.9. The molecule has 2 atom stereocenters. The number of ether oxygens (including phenoxy) is 2. The van der Waals surface area contributed by atoms with Crippen molar-refractivity contribution in [2.75, 3.05) is 26.2 Å².